The van der Waals surface area contributed by atoms with Crippen LogP contribution < -0.4 is 20.1 Å². The van der Waals surface area contributed by atoms with Crippen molar-refractivity contribution in [3.63, 3.8) is 0 Å². The zero-order valence-corrected chi connectivity index (χ0v) is 15.1. The SMILES string of the molecule is CCCOc1ccc(C2NC(=S)NC(C)=C2C(=O)OC)cc1OC. The van der Waals surface area contributed by atoms with E-state index in [-0.39, 0.29) is 0 Å². The largest absolute Gasteiger partial charge is 0.493 e. The Balaban J connectivity index is 2.42. The molecule has 1 heterocycles. The molecule has 1 unspecified atom stereocenters. The highest BCUT2D eigenvalue weighted by molar-refractivity contribution is 7.80. The van der Waals surface area contributed by atoms with Crippen LogP contribution in [0.3, 0.4) is 0 Å². The smallest absolute Gasteiger partial charge is 0.337 e. The van der Waals surface area contributed by atoms with Gasteiger partial charge in [-0.05, 0) is 43.3 Å². The first-order valence-corrected chi connectivity index (χ1v) is 8.10. The molecule has 130 valence electrons. The van der Waals surface area contributed by atoms with Gasteiger partial charge in [0.05, 0.1) is 32.4 Å². The molecule has 0 aliphatic carbocycles. The standard InChI is InChI=1S/C17H22N2O4S/c1-5-8-23-12-7-6-11(9-13(12)21-3)15-14(16(20)22-4)10(2)18-17(24)19-15/h6-7,9,15H,5,8H2,1-4H3,(H2,18,19,24). The molecule has 6 nitrogen and oxygen atoms in total. The molecule has 2 rings (SSSR count). The third kappa shape index (κ3) is 3.79. The van der Waals surface area contributed by atoms with E-state index in [1.54, 1.807) is 14.0 Å². The Morgan fingerprint density at radius 1 is 1.29 bits per heavy atom. The van der Waals surface area contributed by atoms with E-state index in [2.05, 4.69) is 10.6 Å². The number of hydrogen-bond acceptors (Lipinski definition) is 5. The molecule has 0 aromatic heterocycles. The van der Waals surface area contributed by atoms with E-state index in [4.69, 9.17) is 26.4 Å². The molecule has 0 amide bonds. The molecule has 2 N–H and O–H groups in total. The summed E-state index contributed by atoms with van der Waals surface area (Å²) in [6.07, 6.45) is 0.906. The van der Waals surface area contributed by atoms with Crippen LogP contribution in [-0.2, 0) is 9.53 Å². The summed E-state index contributed by atoms with van der Waals surface area (Å²) in [7, 11) is 2.94. The molecule has 7 heteroatoms. The molecule has 0 saturated carbocycles. The van der Waals surface area contributed by atoms with Gasteiger partial charge in [-0.15, -0.1) is 0 Å². The van der Waals surface area contributed by atoms with E-state index in [0.717, 1.165) is 12.0 Å². The Morgan fingerprint density at radius 3 is 2.67 bits per heavy atom. The Labute approximate surface area is 147 Å². The molecule has 0 bridgehead atoms. The fraction of sp³-hybridized carbons (Fsp3) is 0.412. The molecule has 0 saturated heterocycles. The first-order valence-electron chi connectivity index (χ1n) is 7.69. The van der Waals surface area contributed by atoms with Crippen molar-refractivity contribution in [3.05, 3.63) is 35.0 Å². The summed E-state index contributed by atoms with van der Waals surface area (Å²) in [6, 6.07) is 5.14. The first-order chi connectivity index (χ1) is 11.5. The van der Waals surface area contributed by atoms with Crippen molar-refractivity contribution in [2.75, 3.05) is 20.8 Å². The van der Waals surface area contributed by atoms with Crippen LogP contribution in [0.4, 0.5) is 0 Å². The molecular weight excluding hydrogens is 328 g/mol. The minimum absolute atomic E-state index is 0.412. The van der Waals surface area contributed by atoms with Gasteiger partial charge in [-0.3, -0.25) is 0 Å². The normalized spacial score (nSPS) is 17.0. The third-order valence-corrected chi connectivity index (χ3v) is 3.88. The number of thiocarbonyl (C=S) groups is 1. The second-order valence-electron chi connectivity index (χ2n) is 5.32. The molecule has 24 heavy (non-hydrogen) atoms. The van der Waals surface area contributed by atoms with Crippen LogP contribution in [0.5, 0.6) is 11.5 Å². The highest BCUT2D eigenvalue weighted by Gasteiger charge is 2.31. The van der Waals surface area contributed by atoms with Crippen LogP contribution in [0.1, 0.15) is 31.9 Å². The number of benzene rings is 1. The number of allylic oxidation sites excluding steroid dienone is 1. The minimum atomic E-state index is -0.416. The van der Waals surface area contributed by atoms with E-state index >= 15 is 0 Å². The van der Waals surface area contributed by atoms with E-state index in [0.29, 0.717) is 34.5 Å². The third-order valence-electron chi connectivity index (χ3n) is 3.66. The molecule has 0 fully saturated rings. The number of hydrogen-bond donors (Lipinski definition) is 2. The molecule has 1 aromatic rings. The van der Waals surface area contributed by atoms with Gasteiger partial charge < -0.3 is 24.8 Å². The lowest BCUT2D eigenvalue weighted by molar-refractivity contribution is -0.136. The molecule has 1 aromatic carbocycles. The predicted molar refractivity (Wildman–Crippen MR) is 95.1 cm³/mol. The summed E-state index contributed by atoms with van der Waals surface area (Å²) >= 11 is 5.22. The van der Waals surface area contributed by atoms with Gasteiger partial charge in [-0.2, -0.15) is 0 Å². The van der Waals surface area contributed by atoms with Crippen molar-refractivity contribution in [1.82, 2.24) is 10.6 Å². The molecule has 1 aliphatic heterocycles. The highest BCUT2D eigenvalue weighted by Crippen LogP contribution is 2.34. The maximum atomic E-state index is 12.2. The van der Waals surface area contributed by atoms with E-state index in [1.165, 1.54) is 7.11 Å². The fourth-order valence-electron chi connectivity index (χ4n) is 2.52. The zero-order valence-electron chi connectivity index (χ0n) is 14.3. The van der Waals surface area contributed by atoms with E-state index in [1.807, 2.05) is 25.1 Å². The number of carbonyl (C=O) groups is 1. The maximum Gasteiger partial charge on any atom is 0.337 e. The Morgan fingerprint density at radius 2 is 2.04 bits per heavy atom. The quantitative estimate of drug-likeness (QED) is 0.603. The van der Waals surface area contributed by atoms with Gasteiger partial charge in [0, 0.05) is 5.70 Å². The fourth-order valence-corrected chi connectivity index (χ4v) is 2.79. The number of rotatable bonds is 6. The molecule has 1 aliphatic rings. The topological polar surface area (TPSA) is 68.8 Å². The number of esters is 1. The number of nitrogens with one attached hydrogen (secondary N) is 2. The van der Waals surface area contributed by atoms with Crippen LogP contribution in [-0.4, -0.2) is 31.9 Å². The number of methoxy groups -OCH3 is 2. The Kier molecular flexibility index (Phi) is 6.03. The van der Waals surface area contributed by atoms with Gasteiger partial charge >= 0.3 is 5.97 Å². The highest BCUT2D eigenvalue weighted by atomic mass is 32.1. The lowest BCUT2D eigenvalue weighted by atomic mass is 9.95. The summed E-state index contributed by atoms with van der Waals surface area (Å²) < 4.78 is 16.0. The van der Waals surface area contributed by atoms with Crippen molar-refractivity contribution in [1.29, 1.82) is 0 Å². The second-order valence-corrected chi connectivity index (χ2v) is 5.73. The van der Waals surface area contributed by atoms with Crippen molar-refractivity contribution in [2.45, 2.75) is 26.3 Å². The molecule has 0 radical (unpaired) electrons. The van der Waals surface area contributed by atoms with Crippen LogP contribution in [0, 0.1) is 0 Å². The molecular formula is C17H22N2O4S. The molecule has 0 spiro atoms. The zero-order chi connectivity index (χ0) is 17.7. The lowest BCUT2D eigenvalue weighted by Crippen LogP contribution is -2.45. The van der Waals surface area contributed by atoms with Crippen LogP contribution in [0.15, 0.2) is 29.5 Å². The Bertz CT molecular complexity index is 673. The van der Waals surface area contributed by atoms with Crippen LogP contribution in [0.2, 0.25) is 0 Å². The first kappa shape index (κ1) is 18.1. The van der Waals surface area contributed by atoms with Crippen LogP contribution >= 0.6 is 12.2 Å². The average molecular weight is 350 g/mol. The van der Waals surface area contributed by atoms with Gasteiger partial charge in [0.15, 0.2) is 16.6 Å². The van der Waals surface area contributed by atoms with Gasteiger partial charge in [0.1, 0.15) is 0 Å². The van der Waals surface area contributed by atoms with Crippen molar-refractivity contribution in [2.24, 2.45) is 0 Å². The monoisotopic (exact) mass is 350 g/mol. The van der Waals surface area contributed by atoms with Crippen molar-refractivity contribution in [3.8, 4) is 11.5 Å². The summed E-state index contributed by atoms with van der Waals surface area (Å²) in [5.74, 6) is 0.860. The Hall–Kier alpha value is -2.28. The number of carbonyl (C=O) groups excluding carboxylic acids is 1. The minimum Gasteiger partial charge on any atom is -0.493 e. The average Bonchev–Trinajstić information content (AvgIpc) is 2.58. The summed E-state index contributed by atoms with van der Waals surface area (Å²) in [5, 5.41) is 6.52. The van der Waals surface area contributed by atoms with Gasteiger partial charge in [0.25, 0.3) is 0 Å². The van der Waals surface area contributed by atoms with Gasteiger partial charge in [-0.1, -0.05) is 13.0 Å². The van der Waals surface area contributed by atoms with E-state index < -0.39 is 12.0 Å². The van der Waals surface area contributed by atoms with Gasteiger partial charge in [-0.25, -0.2) is 4.79 Å². The summed E-state index contributed by atoms with van der Waals surface area (Å²) in [4.78, 5) is 12.2. The van der Waals surface area contributed by atoms with Crippen molar-refractivity contribution < 1.29 is 19.0 Å². The number of ether oxygens (including phenoxy) is 3. The molecule has 1 atom stereocenters. The van der Waals surface area contributed by atoms with Crippen molar-refractivity contribution >= 4 is 23.3 Å². The summed E-state index contributed by atoms with van der Waals surface area (Å²) in [6.45, 7) is 4.44. The predicted octanol–water partition coefficient (Wildman–Crippen LogP) is 2.45. The summed E-state index contributed by atoms with van der Waals surface area (Å²) in [5.41, 5.74) is 1.98. The van der Waals surface area contributed by atoms with E-state index in [9.17, 15) is 4.79 Å². The maximum absolute atomic E-state index is 12.2. The van der Waals surface area contributed by atoms with Crippen LogP contribution in [0.25, 0.3) is 0 Å². The lowest BCUT2D eigenvalue weighted by Gasteiger charge is -2.30. The second kappa shape index (κ2) is 8.01. The van der Waals surface area contributed by atoms with Gasteiger partial charge in [0.2, 0.25) is 0 Å².